The minimum Gasteiger partial charge on any atom is -0.314 e. The third-order valence-electron chi connectivity index (χ3n) is 2.87. The van der Waals surface area contributed by atoms with E-state index < -0.39 is 0 Å². The lowest BCUT2D eigenvalue weighted by Crippen LogP contribution is -2.25. The number of nitrogens with one attached hydrogen (secondary N) is 1. The topological polar surface area (TPSA) is 24.9 Å². The lowest BCUT2D eigenvalue weighted by Gasteiger charge is -2.07. The third kappa shape index (κ3) is 3.02. The number of nitrogens with zero attached hydrogens (tertiary/aromatic N) is 1. The Kier molecular flexibility index (Phi) is 3.42. The Labute approximate surface area is 99.6 Å². The third-order valence-corrected chi connectivity index (χ3v) is 3.30. The van der Waals surface area contributed by atoms with Gasteiger partial charge in [-0.1, -0.05) is 13.8 Å². The molecule has 0 aliphatic heterocycles. The number of halogens is 1. The molecule has 1 aliphatic rings. The highest BCUT2D eigenvalue weighted by molar-refractivity contribution is 9.10. The summed E-state index contributed by atoms with van der Waals surface area (Å²) in [7, 11) is 0. The minimum absolute atomic E-state index is 0.590. The molecule has 0 saturated heterocycles. The van der Waals surface area contributed by atoms with Gasteiger partial charge in [-0.15, -0.1) is 0 Å². The van der Waals surface area contributed by atoms with Gasteiger partial charge in [0.1, 0.15) is 0 Å². The van der Waals surface area contributed by atoms with Gasteiger partial charge in [0.25, 0.3) is 0 Å². The second kappa shape index (κ2) is 4.62. The Balaban J connectivity index is 1.88. The fraction of sp³-hybridized carbons (Fsp3) is 0.583. The van der Waals surface area contributed by atoms with Crippen LogP contribution in [0.2, 0.25) is 0 Å². The van der Waals surface area contributed by atoms with Crippen LogP contribution < -0.4 is 5.32 Å². The molecular formula is C12H17BrN2. The number of hydrogen-bond donors (Lipinski definition) is 1. The molecule has 3 heteroatoms. The second-order valence-corrected chi connectivity index (χ2v) is 5.52. The maximum absolute atomic E-state index is 4.21. The molecule has 0 amide bonds. The summed E-state index contributed by atoms with van der Waals surface area (Å²) >= 11 is 3.46. The van der Waals surface area contributed by atoms with Gasteiger partial charge in [0, 0.05) is 22.9 Å². The zero-order chi connectivity index (χ0) is 10.8. The maximum atomic E-state index is 4.21. The molecule has 1 N–H and O–H groups in total. The van der Waals surface area contributed by atoms with Gasteiger partial charge in [-0.3, -0.25) is 4.98 Å². The Morgan fingerprint density at radius 1 is 1.53 bits per heavy atom. The largest absolute Gasteiger partial charge is 0.314 e. The molecule has 82 valence electrons. The number of rotatable bonds is 4. The standard InChI is InChI=1S/C12H17BrN2/c1-8(2)15-6-10-4-12(10)9-3-11(13)7-14-5-9/h3,5,7-8,10,12,15H,4,6H2,1-2H3. The van der Waals surface area contributed by atoms with Gasteiger partial charge in [-0.2, -0.15) is 0 Å². The van der Waals surface area contributed by atoms with Crippen molar-refractivity contribution in [3.63, 3.8) is 0 Å². The van der Waals surface area contributed by atoms with Crippen LogP contribution in [0.1, 0.15) is 31.7 Å². The van der Waals surface area contributed by atoms with E-state index in [2.05, 4.69) is 46.1 Å². The van der Waals surface area contributed by atoms with Gasteiger partial charge in [0.15, 0.2) is 0 Å². The first kappa shape index (κ1) is 11.1. The first-order valence-corrected chi connectivity index (χ1v) is 6.30. The van der Waals surface area contributed by atoms with Gasteiger partial charge >= 0.3 is 0 Å². The summed E-state index contributed by atoms with van der Waals surface area (Å²) in [4.78, 5) is 4.21. The molecule has 1 saturated carbocycles. The van der Waals surface area contributed by atoms with Crippen LogP contribution in [0.4, 0.5) is 0 Å². The van der Waals surface area contributed by atoms with E-state index in [4.69, 9.17) is 0 Å². The van der Waals surface area contributed by atoms with Crippen molar-refractivity contribution in [2.24, 2.45) is 5.92 Å². The van der Waals surface area contributed by atoms with Gasteiger partial charge < -0.3 is 5.32 Å². The monoisotopic (exact) mass is 268 g/mol. The molecule has 15 heavy (non-hydrogen) atoms. The van der Waals surface area contributed by atoms with E-state index >= 15 is 0 Å². The SMILES string of the molecule is CC(C)NCC1CC1c1cncc(Br)c1. The fourth-order valence-electron chi connectivity index (χ4n) is 1.90. The predicted octanol–water partition coefficient (Wildman–Crippen LogP) is 2.95. The van der Waals surface area contributed by atoms with Crippen molar-refractivity contribution >= 4 is 15.9 Å². The van der Waals surface area contributed by atoms with Crippen LogP contribution in [0, 0.1) is 5.92 Å². The van der Waals surface area contributed by atoms with Gasteiger partial charge in [-0.05, 0) is 52.4 Å². The molecule has 1 aliphatic carbocycles. The second-order valence-electron chi connectivity index (χ2n) is 4.60. The van der Waals surface area contributed by atoms with E-state index in [9.17, 15) is 0 Å². The van der Waals surface area contributed by atoms with Crippen molar-refractivity contribution in [1.82, 2.24) is 10.3 Å². The summed E-state index contributed by atoms with van der Waals surface area (Å²) in [5.74, 6) is 1.53. The van der Waals surface area contributed by atoms with E-state index in [1.807, 2.05) is 12.4 Å². The van der Waals surface area contributed by atoms with Crippen LogP contribution in [0.3, 0.4) is 0 Å². The average molecular weight is 269 g/mol. The molecule has 2 atom stereocenters. The smallest absolute Gasteiger partial charge is 0.0410 e. The fourth-order valence-corrected chi connectivity index (χ4v) is 2.28. The molecule has 0 aromatic carbocycles. The normalized spacial score (nSPS) is 24.5. The van der Waals surface area contributed by atoms with Crippen molar-refractivity contribution in [2.45, 2.75) is 32.2 Å². The van der Waals surface area contributed by atoms with Crippen LogP contribution in [0.5, 0.6) is 0 Å². The van der Waals surface area contributed by atoms with Gasteiger partial charge in [0.2, 0.25) is 0 Å². The molecule has 1 fully saturated rings. The molecule has 0 spiro atoms. The average Bonchev–Trinajstić information content (AvgIpc) is 2.94. The van der Waals surface area contributed by atoms with Crippen LogP contribution >= 0.6 is 15.9 Å². The highest BCUT2D eigenvalue weighted by atomic mass is 79.9. The molecule has 1 aromatic rings. The number of hydrogen-bond acceptors (Lipinski definition) is 2. The molecule has 2 nitrogen and oxygen atoms in total. The Morgan fingerprint density at radius 3 is 3.00 bits per heavy atom. The van der Waals surface area contributed by atoms with Crippen LogP contribution in [-0.4, -0.2) is 17.6 Å². The lowest BCUT2D eigenvalue weighted by molar-refractivity contribution is 0.554. The summed E-state index contributed by atoms with van der Waals surface area (Å²) in [6, 6.07) is 2.78. The summed E-state index contributed by atoms with van der Waals surface area (Å²) in [5.41, 5.74) is 1.37. The van der Waals surface area contributed by atoms with E-state index in [1.54, 1.807) is 0 Å². The van der Waals surface area contributed by atoms with Gasteiger partial charge in [-0.25, -0.2) is 0 Å². The number of aromatic nitrogens is 1. The van der Waals surface area contributed by atoms with E-state index in [-0.39, 0.29) is 0 Å². The quantitative estimate of drug-likeness (QED) is 0.909. The van der Waals surface area contributed by atoms with Crippen LogP contribution in [-0.2, 0) is 0 Å². The molecule has 1 aromatic heterocycles. The van der Waals surface area contributed by atoms with Crippen molar-refractivity contribution in [3.05, 3.63) is 28.5 Å². The summed E-state index contributed by atoms with van der Waals surface area (Å²) in [6.45, 7) is 5.52. The molecule has 0 bridgehead atoms. The van der Waals surface area contributed by atoms with Gasteiger partial charge in [0.05, 0.1) is 0 Å². The molecule has 2 rings (SSSR count). The molecular weight excluding hydrogens is 252 g/mol. The summed E-state index contributed by atoms with van der Waals surface area (Å²) in [5, 5.41) is 3.49. The van der Waals surface area contributed by atoms with Crippen molar-refractivity contribution in [2.75, 3.05) is 6.54 Å². The van der Waals surface area contributed by atoms with E-state index in [0.717, 1.165) is 22.9 Å². The van der Waals surface area contributed by atoms with Crippen molar-refractivity contribution in [3.8, 4) is 0 Å². The van der Waals surface area contributed by atoms with Crippen LogP contribution in [0.25, 0.3) is 0 Å². The molecule has 0 radical (unpaired) electrons. The Bertz CT molecular complexity index is 338. The summed E-state index contributed by atoms with van der Waals surface area (Å²) < 4.78 is 1.09. The van der Waals surface area contributed by atoms with E-state index in [1.165, 1.54) is 12.0 Å². The first-order valence-electron chi connectivity index (χ1n) is 5.50. The Hall–Kier alpha value is -0.410. The van der Waals surface area contributed by atoms with Crippen molar-refractivity contribution < 1.29 is 0 Å². The van der Waals surface area contributed by atoms with Crippen molar-refractivity contribution in [1.29, 1.82) is 0 Å². The highest BCUT2D eigenvalue weighted by Gasteiger charge is 2.38. The lowest BCUT2D eigenvalue weighted by atomic mass is 10.1. The zero-order valence-electron chi connectivity index (χ0n) is 9.20. The molecule has 2 unspecified atom stereocenters. The highest BCUT2D eigenvalue weighted by Crippen LogP contribution is 2.47. The summed E-state index contributed by atoms with van der Waals surface area (Å²) in [6.07, 6.45) is 5.13. The molecule has 1 heterocycles. The van der Waals surface area contributed by atoms with Crippen LogP contribution in [0.15, 0.2) is 22.9 Å². The maximum Gasteiger partial charge on any atom is 0.0410 e. The Morgan fingerprint density at radius 2 is 2.33 bits per heavy atom. The van der Waals surface area contributed by atoms with E-state index in [0.29, 0.717) is 6.04 Å². The zero-order valence-corrected chi connectivity index (χ0v) is 10.8. The first-order chi connectivity index (χ1) is 7.16. The predicted molar refractivity (Wildman–Crippen MR) is 65.9 cm³/mol. The number of pyridine rings is 1. The minimum atomic E-state index is 0.590.